The zero-order valence-corrected chi connectivity index (χ0v) is 15.3. The predicted molar refractivity (Wildman–Crippen MR) is 93.3 cm³/mol. The van der Waals surface area contributed by atoms with Crippen molar-refractivity contribution in [1.29, 1.82) is 0 Å². The topological polar surface area (TPSA) is 77.2 Å². The molecule has 1 N–H and O–H groups in total. The summed E-state index contributed by atoms with van der Waals surface area (Å²) >= 11 is 5.85. The molecule has 1 fully saturated rings. The number of nitrogens with one attached hydrogen (secondary N) is 1. The number of ether oxygens (including phenoxy) is 1. The molecule has 2 aromatic heterocycles. The minimum atomic E-state index is -0.121. The van der Waals surface area contributed by atoms with E-state index in [1.54, 1.807) is 19.2 Å². The van der Waals surface area contributed by atoms with Gasteiger partial charge in [0.15, 0.2) is 5.76 Å². The molecule has 0 aliphatic heterocycles. The third-order valence-electron chi connectivity index (χ3n) is 5.11. The van der Waals surface area contributed by atoms with Crippen LogP contribution in [0.1, 0.15) is 42.1 Å². The van der Waals surface area contributed by atoms with Gasteiger partial charge in [-0.1, -0.05) is 30.6 Å². The third-order valence-corrected chi connectivity index (χ3v) is 5.32. The highest BCUT2D eigenvalue weighted by Crippen LogP contribution is 2.47. The molecule has 0 radical (unpaired) electrons. The van der Waals surface area contributed by atoms with Crippen LogP contribution in [-0.4, -0.2) is 29.2 Å². The Morgan fingerprint density at radius 2 is 2.28 bits per heavy atom. The minimum Gasteiger partial charge on any atom is -0.377 e. The van der Waals surface area contributed by atoms with Crippen LogP contribution in [-0.2, 0) is 17.8 Å². The van der Waals surface area contributed by atoms with Crippen molar-refractivity contribution >= 4 is 17.5 Å². The van der Waals surface area contributed by atoms with Crippen molar-refractivity contribution in [2.24, 2.45) is 11.3 Å². The monoisotopic (exact) mass is 363 g/mol. The summed E-state index contributed by atoms with van der Waals surface area (Å²) in [5.41, 5.74) is 1.43. The Balaban J connectivity index is 1.58. The molecule has 0 spiro atoms. The lowest BCUT2D eigenvalue weighted by Gasteiger charge is -2.52. The molecule has 25 heavy (non-hydrogen) atoms. The highest BCUT2D eigenvalue weighted by atomic mass is 35.5. The molecule has 3 rings (SSSR count). The normalized spacial score (nSPS) is 21.6. The van der Waals surface area contributed by atoms with Crippen molar-refractivity contribution in [3.05, 3.63) is 46.6 Å². The number of halogens is 1. The molecular formula is C18H22ClN3O3. The first-order valence-corrected chi connectivity index (χ1v) is 8.63. The van der Waals surface area contributed by atoms with Crippen LogP contribution >= 0.6 is 11.6 Å². The molecule has 134 valence electrons. The number of carbonyl (C=O) groups is 1. The number of pyridine rings is 1. The van der Waals surface area contributed by atoms with Gasteiger partial charge in [0.2, 0.25) is 0 Å². The van der Waals surface area contributed by atoms with Gasteiger partial charge in [-0.05, 0) is 36.3 Å². The number of hydrogen-bond donors (Lipinski definition) is 1. The number of hydrogen-bond acceptors (Lipinski definition) is 5. The molecule has 0 bridgehead atoms. The van der Waals surface area contributed by atoms with Crippen LogP contribution in [0.2, 0.25) is 5.15 Å². The van der Waals surface area contributed by atoms with Gasteiger partial charge < -0.3 is 14.6 Å². The minimum absolute atomic E-state index is 0.0210. The van der Waals surface area contributed by atoms with Crippen LogP contribution in [0.3, 0.4) is 0 Å². The van der Waals surface area contributed by atoms with Crippen LogP contribution in [0.15, 0.2) is 28.9 Å². The van der Waals surface area contributed by atoms with Crippen molar-refractivity contribution in [3.63, 3.8) is 0 Å². The quantitative estimate of drug-likeness (QED) is 0.797. The number of aromatic nitrogens is 2. The van der Waals surface area contributed by atoms with E-state index in [0.29, 0.717) is 23.2 Å². The SMILES string of the molecule is COCc1cc(C[C@@H]2C[C@H](NC(=O)c3ccnc(Cl)c3)C2(C)C)no1. The van der Waals surface area contributed by atoms with E-state index < -0.39 is 0 Å². The van der Waals surface area contributed by atoms with Gasteiger partial charge in [0, 0.05) is 31.0 Å². The molecule has 1 aliphatic rings. The Morgan fingerprint density at radius 3 is 2.96 bits per heavy atom. The maximum atomic E-state index is 12.4. The highest BCUT2D eigenvalue weighted by molar-refractivity contribution is 6.29. The average molecular weight is 364 g/mol. The Kier molecular flexibility index (Phi) is 5.11. The summed E-state index contributed by atoms with van der Waals surface area (Å²) in [6, 6.07) is 5.29. The zero-order chi connectivity index (χ0) is 18.0. The Labute approximate surface area is 151 Å². The summed E-state index contributed by atoms with van der Waals surface area (Å²) in [5, 5.41) is 7.52. The van der Waals surface area contributed by atoms with E-state index in [2.05, 4.69) is 29.3 Å². The second-order valence-corrected chi connectivity index (χ2v) is 7.46. The van der Waals surface area contributed by atoms with Crippen LogP contribution in [0.5, 0.6) is 0 Å². The number of amides is 1. The zero-order valence-electron chi connectivity index (χ0n) is 14.6. The van der Waals surface area contributed by atoms with Gasteiger partial charge in [0.1, 0.15) is 11.8 Å². The van der Waals surface area contributed by atoms with Crippen molar-refractivity contribution in [2.75, 3.05) is 7.11 Å². The van der Waals surface area contributed by atoms with Crippen molar-refractivity contribution < 1.29 is 14.1 Å². The summed E-state index contributed by atoms with van der Waals surface area (Å²) in [5.74, 6) is 1.04. The maximum Gasteiger partial charge on any atom is 0.251 e. The Bertz CT molecular complexity index is 760. The second-order valence-electron chi connectivity index (χ2n) is 7.07. The molecule has 1 saturated carbocycles. The van der Waals surface area contributed by atoms with Crippen molar-refractivity contribution in [2.45, 2.75) is 39.3 Å². The molecule has 0 saturated heterocycles. The van der Waals surface area contributed by atoms with Crippen molar-refractivity contribution in [3.8, 4) is 0 Å². The van der Waals surface area contributed by atoms with E-state index in [0.717, 1.165) is 24.3 Å². The van der Waals surface area contributed by atoms with E-state index in [9.17, 15) is 4.79 Å². The van der Waals surface area contributed by atoms with Gasteiger partial charge in [-0.15, -0.1) is 0 Å². The molecular weight excluding hydrogens is 342 g/mol. The molecule has 7 heteroatoms. The summed E-state index contributed by atoms with van der Waals surface area (Å²) in [6.45, 7) is 4.76. The Hall–Kier alpha value is -1.92. The fraction of sp³-hybridized carbons (Fsp3) is 0.500. The summed E-state index contributed by atoms with van der Waals surface area (Å²) < 4.78 is 10.3. The predicted octanol–water partition coefficient (Wildman–Crippen LogP) is 3.26. The molecule has 2 aromatic rings. The molecule has 2 heterocycles. The van der Waals surface area contributed by atoms with Gasteiger partial charge in [0.05, 0.1) is 5.69 Å². The van der Waals surface area contributed by atoms with Crippen LogP contribution in [0, 0.1) is 11.3 Å². The summed E-state index contributed by atoms with van der Waals surface area (Å²) in [4.78, 5) is 16.3. The first kappa shape index (κ1) is 17.9. The van der Waals surface area contributed by atoms with Gasteiger partial charge in [-0.25, -0.2) is 4.98 Å². The van der Waals surface area contributed by atoms with Gasteiger partial charge in [-0.3, -0.25) is 4.79 Å². The summed E-state index contributed by atoms with van der Waals surface area (Å²) in [7, 11) is 1.63. The first-order chi connectivity index (χ1) is 11.9. The third kappa shape index (κ3) is 3.85. The van der Waals surface area contributed by atoms with Gasteiger partial charge in [0.25, 0.3) is 5.91 Å². The standard InChI is InChI=1S/C18H22ClN3O3/c1-18(2)12(7-13-9-14(10-24-3)25-22-13)8-15(18)21-17(23)11-4-5-20-16(19)6-11/h4-6,9,12,15H,7-8,10H2,1-3H3,(H,21,23)/t12-,15+/m1/s1. The number of nitrogens with zero attached hydrogens (tertiary/aromatic N) is 2. The summed E-state index contributed by atoms with van der Waals surface area (Å²) in [6.07, 6.45) is 3.27. The number of carbonyl (C=O) groups excluding carboxylic acids is 1. The van der Waals surface area contributed by atoms with E-state index in [-0.39, 0.29) is 17.4 Å². The lowest BCUT2D eigenvalue weighted by Crippen LogP contribution is -2.58. The van der Waals surface area contributed by atoms with Crippen LogP contribution < -0.4 is 5.32 Å². The van der Waals surface area contributed by atoms with E-state index in [1.165, 1.54) is 6.20 Å². The number of methoxy groups -OCH3 is 1. The molecule has 2 atom stereocenters. The lowest BCUT2D eigenvalue weighted by atomic mass is 9.57. The lowest BCUT2D eigenvalue weighted by molar-refractivity contribution is 0.0138. The van der Waals surface area contributed by atoms with E-state index in [1.807, 2.05) is 6.07 Å². The molecule has 1 aliphatic carbocycles. The molecule has 0 aromatic carbocycles. The number of rotatable bonds is 6. The Morgan fingerprint density at radius 1 is 1.48 bits per heavy atom. The first-order valence-electron chi connectivity index (χ1n) is 8.26. The highest BCUT2D eigenvalue weighted by Gasteiger charge is 2.48. The maximum absolute atomic E-state index is 12.4. The van der Waals surface area contributed by atoms with Gasteiger partial charge >= 0.3 is 0 Å². The van der Waals surface area contributed by atoms with E-state index in [4.69, 9.17) is 20.9 Å². The fourth-order valence-electron chi connectivity index (χ4n) is 3.31. The van der Waals surface area contributed by atoms with Crippen LogP contribution in [0.25, 0.3) is 0 Å². The fourth-order valence-corrected chi connectivity index (χ4v) is 3.48. The van der Waals surface area contributed by atoms with E-state index >= 15 is 0 Å². The largest absolute Gasteiger partial charge is 0.377 e. The molecule has 0 unspecified atom stereocenters. The molecule has 6 nitrogen and oxygen atoms in total. The van der Waals surface area contributed by atoms with Gasteiger partial charge in [-0.2, -0.15) is 0 Å². The second kappa shape index (κ2) is 7.14. The van der Waals surface area contributed by atoms with Crippen LogP contribution in [0.4, 0.5) is 0 Å². The smallest absolute Gasteiger partial charge is 0.251 e. The molecule has 1 amide bonds. The average Bonchev–Trinajstić information content (AvgIpc) is 3.01. The van der Waals surface area contributed by atoms with Crippen molar-refractivity contribution in [1.82, 2.24) is 15.5 Å².